The summed E-state index contributed by atoms with van der Waals surface area (Å²) < 4.78 is 0. The van der Waals surface area contributed by atoms with Crippen molar-refractivity contribution in [3.05, 3.63) is 0 Å². The summed E-state index contributed by atoms with van der Waals surface area (Å²) in [7, 11) is 0. The largest absolute Gasteiger partial charge is 0.196 e. The molecule has 0 aliphatic carbocycles. The molecule has 0 aromatic heterocycles. The number of hydrogen-bond acceptors (Lipinski definition) is 4. The van der Waals surface area contributed by atoms with Crippen LogP contribution in [0.1, 0.15) is 85.5 Å². The van der Waals surface area contributed by atoms with E-state index in [4.69, 9.17) is 0 Å². The van der Waals surface area contributed by atoms with Gasteiger partial charge in [-0.1, -0.05) is 46.0 Å². The molecule has 0 spiro atoms. The van der Waals surface area contributed by atoms with E-state index in [1.807, 2.05) is 6.92 Å². The first-order valence-electron chi connectivity index (χ1n) is 8.22. The minimum Gasteiger partial charge on any atom is -0.196 e. The number of rotatable bonds is 11. The summed E-state index contributed by atoms with van der Waals surface area (Å²) in [5, 5.41) is 27.1. The fraction of sp³-hybridized carbons (Fsp3) is 0.882. The van der Waals surface area contributed by atoms with Crippen molar-refractivity contribution in [2.24, 2.45) is 10.2 Å². The molecule has 0 amide bonds. The third kappa shape index (κ3) is 8.45. The van der Waals surface area contributed by atoms with Gasteiger partial charge in [-0.05, 0) is 39.5 Å². The van der Waals surface area contributed by atoms with E-state index in [0.29, 0.717) is 12.8 Å². The van der Waals surface area contributed by atoms with Crippen LogP contribution in [0.5, 0.6) is 0 Å². The van der Waals surface area contributed by atoms with Gasteiger partial charge in [0.1, 0.15) is 0 Å². The third-order valence-electron chi connectivity index (χ3n) is 3.76. The fourth-order valence-electron chi connectivity index (χ4n) is 2.09. The van der Waals surface area contributed by atoms with Crippen LogP contribution in [-0.2, 0) is 0 Å². The zero-order valence-corrected chi connectivity index (χ0v) is 14.2. The lowest BCUT2D eigenvalue weighted by molar-refractivity contribution is 0.426. The van der Waals surface area contributed by atoms with E-state index in [1.165, 1.54) is 12.8 Å². The first kappa shape index (κ1) is 19.6. The van der Waals surface area contributed by atoms with Crippen LogP contribution in [0.25, 0.3) is 0 Å². The van der Waals surface area contributed by atoms with Gasteiger partial charge in [-0.25, -0.2) is 0 Å². The Labute approximate surface area is 130 Å². The predicted octanol–water partition coefficient (Wildman–Crippen LogP) is 5.55. The molecule has 0 radical (unpaired) electrons. The van der Waals surface area contributed by atoms with E-state index in [0.717, 1.165) is 32.1 Å². The van der Waals surface area contributed by atoms with Crippen LogP contribution >= 0.6 is 0 Å². The van der Waals surface area contributed by atoms with Crippen molar-refractivity contribution in [1.29, 1.82) is 10.5 Å². The Bertz CT molecular complexity index is 391. The Morgan fingerprint density at radius 1 is 0.714 bits per heavy atom. The highest BCUT2D eigenvalue weighted by Gasteiger charge is 2.27. The molecule has 0 bridgehead atoms. The van der Waals surface area contributed by atoms with Crippen molar-refractivity contribution in [2.75, 3.05) is 0 Å². The average Bonchev–Trinajstić information content (AvgIpc) is 2.50. The predicted molar refractivity (Wildman–Crippen MR) is 85.8 cm³/mol. The minimum atomic E-state index is -0.795. The Morgan fingerprint density at radius 2 is 1.10 bits per heavy atom. The van der Waals surface area contributed by atoms with E-state index >= 15 is 0 Å². The SMILES string of the molecule is CCCCCCC(C)(C#N)/N=N/C(C)(C#N)CCCCC. The van der Waals surface area contributed by atoms with Crippen LogP contribution in [0, 0.1) is 22.7 Å². The molecular formula is C17H30N4. The second kappa shape index (κ2) is 10.3. The summed E-state index contributed by atoms with van der Waals surface area (Å²) in [4.78, 5) is 0. The van der Waals surface area contributed by atoms with E-state index in [2.05, 4.69) is 36.2 Å². The maximum atomic E-state index is 9.34. The topological polar surface area (TPSA) is 72.3 Å². The number of nitrogens with zero attached hydrogens (tertiary/aromatic N) is 4. The second-order valence-corrected chi connectivity index (χ2v) is 6.24. The Balaban J connectivity index is 4.60. The van der Waals surface area contributed by atoms with Crippen LogP contribution in [0.15, 0.2) is 10.2 Å². The molecule has 0 saturated heterocycles. The van der Waals surface area contributed by atoms with Crippen LogP contribution in [0.3, 0.4) is 0 Å². The van der Waals surface area contributed by atoms with E-state index < -0.39 is 11.1 Å². The number of unbranched alkanes of at least 4 members (excludes halogenated alkanes) is 5. The normalized spacial score (nSPS) is 16.9. The van der Waals surface area contributed by atoms with Crippen LogP contribution in [-0.4, -0.2) is 11.1 Å². The van der Waals surface area contributed by atoms with Gasteiger partial charge < -0.3 is 0 Å². The van der Waals surface area contributed by atoms with Gasteiger partial charge in [0.25, 0.3) is 0 Å². The van der Waals surface area contributed by atoms with Crippen LogP contribution < -0.4 is 0 Å². The molecule has 0 fully saturated rings. The third-order valence-corrected chi connectivity index (χ3v) is 3.76. The fourth-order valence-corrected chi connectivity index (χ4v) is 2.09. The first-order valence-corrected chi connectivity index (χ1v) is 8.22. The van der Waals surface area contributed by atoms with E-state index in [9.17, 15) is 10.5 Å². The highest BCUT2D eigenvalue weighted by atomic mass is 15.2. The van der Waals surface area contributed by atoms with Gasteiger partial charge in [-0.2, -0.15) is 20.8 Å². The average molecular weight is 290 g/mol. The molecule has 4 heteroatoms. The molecular weight excluding hydrogens is 260 g/mol. The molecule has 0 saturated carbocycles. The summed E-state index contributed by atoms with van der Waals surface area (Å²) in [6, 6.07) is 4.49. The molecule has 0 aromatic rings. The first-order chi connectivity index (χ1) is 9.95. The van der Waals surface area contributed by atoms with Crippen molar-refractivity contribution in [2.45, 2.75) is 96.6 Å². The number of azo groups is 1. The van der Waals surface area contributed by atoms with E-state index in [1.54, 1.807) is 6.92 Å². The second-order valence-electron chi connectivity index (χ2n) is 6.24. The molecule has 0 rings (SSSR count). The van der Waals surface area contributed by atoms with Gasteiger partial charge in [-0.15, -0.1) is 0 Å². The van der Waals surface area contributed by atoms with Gasteiger partial charge in [0.2, 0.25) is 0 Å². The Hall–Kier alpha value is -1.42. The van der Waals surface area contributed by atoms with E-state index in [-0.39, 0.29) is 0 Å². The maximum Gasteiger partial charge on any atom is 0.164 e. The summed E-state index contributed by atoms with van der Waals surface area (Å²) in [6.45, 7) is 7.92. The number of nitriles is 2. The molecule has 0 aliphatic rings. The maximum absolute atomic E-state index is 9.34. The molecule has 0 aromatic carbocycles. The number of hydrogen-bond donors (Lipinski definition) is 0. The lowest BCUT2D eigenvalue weighted by Gasteiger charge is -2.19. The smallest absolute Gasteiger partial charge is 0.164 e. The van der Waals surface area contributed by atoms with Gasteiger partial charge in [-0.3, -0.25) is 0 Å². The molecule has 2 unspecified atom stereocenters. The Morgan fingerprint density at radius 3 is 1.48 bits per heavy atom. The van der Waals surface area contributed by atoms with Crippen molar-refractivity contribution in [3.63, 3.8) is 0 Å². The van der Waals surface area contributed by atoms with Gasteiger partial charge in [0.15, 0.2) is 11.1 Å². The molecule has 4 nitrogen and oxygen atoms in total. The monoisotopic (exact) mass is 290 g/mol. The highest BCUT2D eigenvalue weighted by molar-refractivity contribution is 5.07. The zero-order valence-electron chi connectivity index (χ0n) is 14.2. The molecule has 2 atom stereocenters. The van der Waals surface area contributed by atoms with Gasteiger partial charge in [0.05, 0.1) is 12.1 Å². The quantitative estimate of drug-likeness (QED) is 0.369. The summed E-state index contributed by atoms with van der Waals surface area (Å²) in [6.07, 6.45) is 9.07. The molecule has 21 heavy (non-hydrogen) atoms. The summed E-state index contributed by atoms with van der Waals surface area (Å²) in [5.74, 6) is 0. The van der Waals surface area contributed by atoms with Crippen molar-refractivity contribution >= 4 is 0 Å². The molecule has 0 N–H and O–H groups in total. The zero-order chi connectivity index (χ0) is 16.2. The van der Waals surface area contributed by atoms with Gasteiger partial charge in [0, 0.05) is 0 Å². The summed E-state index contributed by atoms with van der Waals surface area (Å²) in [5.41, 5.74) is -1.59. The molecule has 0 aliphatic heterocycles. The van der Waals surface area contributed by atoms with Crippen molar-refractivity contribution < 1.29 is 0 Å². The lowest BCUT2D eigenvalue weighted by Crippen LogP contribution is -2.23. The van der Waals surface area contributed by atoms with Gasteiger partial charge >= 0.3 is 0 Å². The van der Waals surface area contributed by atoms with Crippen LogP contribution in [0.4, 0.5) is 0 Å². The van der Waals surface area contributed by atoms with Crippen LogP contribution in [0.2, 0.25) is 0 Å². The molecule has 118 valence electrons. The highest BCUT2D eigenvalue weighted by Crippen LogP contribution is 2.24. The van der Waals surface area contributed by atoms with Crippen molar-refractivity contribution in [1.82, 2.24) is 0 Å². The lowest BCUT2D eigenvalue weighted by atomic mass is 9.96. The Kier molecular flexibility index (Phi) is 9.63. The van der Waals surface area contributed by atoms with Crippen molar-refractivity contribution in [3.8, 4) is 12.1 Å². The molecule has 0 heterocycles. The standard InChI is InChI=1S/C17H30N4/c1-5-7-9-11-13-17(4,15-19)21-20-16(3,14-18)12-10-8-6-2/h5-13H2,1-4H3/b21-20+. The minimum absolute atomic E-state index is 0.707. The summed E-state index contributed by atoms with van der Waals surface area (Å²) >= 11 is 0.